The Morgan fingerprint density at radius 3 is 2.65 bits per heavy atom. The highest BCUT2D eigenvalue weighted by Crippen LogP contribution is 2.23. The molecular formula is C17H24ClF2N3O3. The van der Waals surface area contributed by atoms with Crippen molar-refractivity contribution in [1.82, 2.24) is 10.2 Å². The SMILES string of the molecule is CC(C)[C@H](N)C(=O)NCC(=O)N1CCOC(c2ccc(F)c(F)c2)C1.Cl. The van der Waals surface area contributed by atoms with Gasteiger partial charge in [0.1, 0.15) is 6.10 Å². The molecule has 1 heterocycles. The first-order valence-electron chi connectivity index (χ1n) is 8.17. The molecule has 26 heavy (non-hydrogen) atoms. The third kappa shape index (κ3) is 5.62. The zero-order valence-corrected chi connectivity index (χ0v) is 15.5. The predicted molar refractivity (Wildman–Crippen MR) is 94.7 cm³/mol. The van der Waals surface area contributed by atoms with E-state index in [0.29, 0.717) is 12.1 Å². The Morgan fingerprint density at radius 1 is 1.35 bits per heavy atom. The van der Waals surface area contributed by atoms with Crippen LogP contribution in [0.5, 0.6) is 0 Å². The quantitative estimate of drug-likeness (QED) is 0.794. The van der Waals surface area contributed by atoms with Crippen molar-refractivity contribution in [3.05, 3.63) is 35.4 Å². The van der Waals surface area contributed by atoms with Crippen molar-refractivity contribution in [3.8, 4) is 0 Å². The van der Waals surface area contributed by atoms with Gasteiger partial charge >= 0.3 is 0 Å². The number of carbonyl (C=O) groups is 2. The molecule has 1 aromatic carbocycles. The molecule has 0 aromatic heterocycles. The van der Waals surface area contributed by atoms with Gasteiger partial charge in [-0.3, -0.25) is 9.59 Å². The van der Waals surface area contributed by atoms with Gasteiger partial charge < -0.3 is 20.7 Å². The minimum atomic E-state index is -0.959. The number of rotatable bonds is 5. The van der Waals surface area contributed by atoms with Crippen molar-refractivity contribution < 1.29 is 23.1 Å². The predicted octanol–water partition coefficient (Wildman–Crippen LogP) is 1.39. The monoisotopic (exact) mass is 391 g/mol. The Labute approximate surface area is 157 Å². The van der Waals surface area contributed by atoms with Gasteiger partial charge in [-0.1, -0.05) is 19.9 Å². The highest BCUT2D eigenvalue weighted by molar-refractivity contribution is 5.87. The average molecular weight is 392 g/mol. The first kappa shape index (κ1) is 22.3. The van der Waals surface area contributed by atoms with Crippen LogP contribution in [0.25, 0.3) is 0 Å². The van der Waals surface area contributed by atoms with Crippen molar-refractivity contribution in [3.63, 3.8) is 0 Å². The van der Waals surface area contributed by atoms with E-state index in [1.54, 1.807) is 0 Å². The van der Waals surface area contributed by atoms with E-state index in [-0.39, 0.29) is 49.8 Å². The number of hydrogen-bond acceptors (Lipinski definition) is 4. The molecule has 1 aromatic rings. The standard InChI is InChI=1S/C17H23F2N3O3.ClH/c1-10(2)16(20)17(24)21-8-15(23)22-5-6-25-14(9-22)11-3-4-12(18)13(19)7-11;/h3-4,7,10,14,16H,5-6,8-9,20H2,1-2H3,(H,21,24);1H/t14?,16-;/m0./s1. The summed E-state index contributed by atoms with van der Waals surface area (Å²) < 4.78 is 32.0. The molecule has 6 nitrogen and oxygen atoms in total. The third-order valence-corrected chi connectivity index (χ3v) is 4.17. The molecule has 1 fully saturated rings. The number of benzene rings is 1. The third-order valence-electron chi connectivity index (χ3n) is 4.17. The van der Waals surface area contributed by atoms with Crippen LogP contribution in [0.3, 0.4) is 0 Å². The zero-order chi connectivity index (χ0) is 18.6. The van der Waals surface area contributed by atoms with E-state index < -0.39 is 23.8 Å². The zero-order valence-electron chi connectivity index (χ0n) is 14.7. The van der Waals surface area contributed by atoms with Crippen LogP contribution in [-0.4, -0.2) is 49.0 Å². The second-order valence-corrected chi connectivity index (χ2v) is 6.36. The molecule has 1 aliphatic rings. The van der Waals surface area contributed by atoms with Crippen LogP contribution in [-0.2, 0) is 14.3 Å². The van der Waals surface area contributed by atoms with Gasteiger partial charge in [0.05, 0.1) is 25.7 Å². The topological polar surface area (TPSA) is 84.7 Å². The number of nitrogens with zero attached hydrogens (tertiary/aromatic N) is 1. The summed E-state index contributed by atoms with van der Waals surface area (Å²) >= 11 is 0. The second-order valence-electron chi connectivity index (χ2n) is 6.36. The van der Waals surface area contributed by atoms with E-state index in [9.17, 15) is 18.4 Å². The highest BCUT2D eigenvalue weighted by Gasteiger charge is 2.27. The summed E-state index contributed by atoms with van der Waals surface area (Å²) in [6.07, 6.45) is -0.540. The summed E-state index contributed by atoms with van der Waals surface area (Å²) in [6.45, 7) is 4.32. The lowest BCUT2D eigenvalue weighted by molar-refractivity contribution is -0.139. The van der Waals surface area contributed by atoms with E-state index in [1.165, 1.54) is 11.0 Å². The number of morpholine rings is 1. The molecule has 3 N–H and O–H groups in total. The molecule has 146 valence electrons. The maximum Gasteiger partial charge on any atom is 0.242 e. The molecule has 2 atom stereocenters. The number of nitrogens with one attached hydrogen (secondary N) is 1. The second kappa shape index (κ2) is 9.80. The summed E-state index contributed by atoms with van der Waals surface area (Å²) in [4.78, 5) is 25.6. The molecule has 0 radical (unpaired) electrons. The van der Waals surface area contributed by atoms with Gasteiger partial charge in [0, 0.05) is 6.54 Å². The fourth-order valence-electron chi connectivity index (χ4n) is 2.49. The van der Waals surface area contributed by atoms with E-state index in [1.807, 2.05) is 13.8 Å². The lowest BCUT2D eigenvalue weighted by Gasteiger charge is -2.33. The Morgan fingerprint density at radius 2 is 2.04 bits per heavy atom. The number of nitrogens with two attached hydrogens (primary N) is 1. The molecule has 0 bridgehead atoms. The normalized spacial score (nSPS) is 18.2. The molecule has 1 aliphatic heterocycles. The van der Waals surface area contributed by atoms with E-state index in [0.717, 1.165) is 12.1 Å². The smallest absolute Gasteiger partial charge is 0.242 e. The van der Waals surface area contributed by atoms with Crippen molar-refractivity contribution in [2.24, 2.45) is 11.7 Å². The molecular weight excluding hydrogens is 368 g/mol. The van der Waals surface area contributed by atoms with E-state index >= 15 is 0 Å². The van der Waals surface area contributed by atoms with Gasteiger partial charge in [-0.05, 0) is 23.6 Å². The molecule has 2 amide bonds. The van der Waals surface area contributed by atoms with E-state index in [2.05, 4.69) is 5.32 Å². The fourth-order valence-corrected chi connectivity index (χ4v) is 2.49. The number of carbonyl (C=O) groups excluding carboxylic acids is 2. The summed E-state index contributed by atoms with van der Waals surface area (Å²) in [5.41, 5.74) is 6.19. The molecule has 1 unspecified atom stereocenters. The van der Waals surface area contributed by atoms with Gasteiger partial charge in [-0.15, -0.1) is 12.4 Å². The van der Waals surface area contributed by atoms with Crippen molar-refractivity contribution in [2.45, 2.75) is 26.0 Å². The van der Waals surface area contributed by atoms with E-state index in [4.69, 9.17) is 10.5 Å². The van der Waals surface area contributed by atoms with Crippen LogP contribution >= 0.6 is 12.4 Å². The number of amides is 2. The van der Waals surface area contributed by atoms with Crippen LogP contribution in [0.15, 0.2) is 18.2 Å². The number of hydrogen-bond donors (Lipinski definition) is 2. The van der Waals surface area contributed by atoms with Crippen LogP contribution in [0.4, 0.5) is 8.78 Å². The molecule has 2 rings (SSSR count). The number of ether oxygens (including phenoxy) is 1. The molecule has 9 heteroatoms. The van der Waals surface area contributed by atoms with Gasteiger partial charge in [0.2, 0.25) is 11.8 Å². The van der Waals surface area contributed by atoms with Gasteiger partial charge in [-0.25, -0.2) is 8.78 Å². The lowest BCUT2D eigenvalue weighted by atomic mass is 10.1. The van der Waals surface area contributed by atoms with Crippen molar-refractivity contribution in [1.29, 1.82) is 0 Å². The van der Waals surface area contributed by atoms with Crippen molar-refractivity contribution in [2.75, 3.05) is 26.2 Å². The van der Waals surface area contributed by atoms with Crippen LogP contribution < -0.4 is 11.1 Å². The number of halogens is 3. The lowest BCUT2D eigenvalue weighted by Crippen LogP contribution is -2.50. The Balaban J connectivity index is 0.00000338. The summed E-state index contributed by atoms with van der Waals surface area (Å²) in [5, 5.41) is 2.53. The average Bonchev–Trinajstić information content (AvgIpc) is 2.61. The summed E-state index contributed by atoms with van der Waals surface area (Å²) in [5.74, 6) is -2.58. The molecule has 1 saturated heterocycles. The van der Waals surface area contributed by atoms with Crippen molar-refractivity contribution >= 4 is 24.2 Å². The summed E-state index contributed by atoms with van der Waals surface area (Å²) in [6, 6.07) is 2.85. The van der Waals surface area contributed by atoms with Crippen LogP contribution in [0.2, 0.25) is 0 Å². The maximum atomic E-state index is 13.4. The first-order valence-corrected chi connectivity index (χ1v) is 8.17. The molecule has 0 saturated carbocycles. The Kier molecular flexibility index (Phi) is 8.39. The summed E-state index contributed by atoms with van der Waals surface area (Å²) in [7, 11) is 0. The van der Waals surface area contributed by atoms with Crippen LogP contribution in [0.1, 0.15) is 25.5 Å². The first-order chi connectivity index (χ1) is 11.8. The van der Waals surface area contributed by atoms with Gasteiger partial charge in [0.15, 0.2) is 11.6 Å². The maximum absolute atomic E-state index is 13.4. The minimum Gasteiger partial charge on any atom is -0.370 e. The molecule has 0 spiro atoms. The van der Waals surface area contributed by atoms with Gasteiger partial charge in [-0.2, -0.15) is 0 Å². The van der Waals surface area contributed by atoms with Crippen LogP contribution in [0, 0.1) is 17.6 Å². The highest BCUT2D eigenvalue weighted by atomic mass is 35.5. The Hall–Kier alpha value is -1.77. The Bertz CT molecular complexity index is 646. The fraction of sp³-hybridized carbons (Fsp3) is 0.529. The van der Waals surface area contributed by atoms with Gasteiger partial charge in [0.25, 0.3) is 0 Å². The largest absolute Gasteiger partial charge is 0.370 e. The molecule has 0 aliphatic carbocycles. The minimum absolute atomic E-state index is 0.